The van der Waals surface area contributed by atoms with Gasteiger partial charge in [-0.1, -0.05) is 0 Å². The first-order valence-corrected chi connectivity index (χ1v) is 7.61. The Labute approximate surface area is 120 Å². The molecule has 110 valence electrons. The smallest absolute Gasteiger partial charge is 0.227 e. The van der Waals surface area contributed by atoms with Crippen molar-refractivity contribution in [2.24, 2.45) is 18.9 Å². The fourth-order valence-corrected chi connectivity index (χ4v) is 3.26. The van der Waals surface area contributed by atoms with E-state index < -0.39 is 0 Å². The molecule has 1 aromatic heterocycles. The lowest BCUT2D eigenvalue weighted by atomic mass is 9.86. The third kappa shape index (κ3) is 2.73. The van der Waals surface area contributed by atoms with Gasteiger partial charge in [0.05, 0.1) is 12.5 Å². The van der Waals surface area contributed by atoms with Crippen LogP contribution in [-0.2, 0) is 18.4 Å². The van der Waals surface area contributed by atoms with Crippen LogP contribution in [-0.4, -0.2) is 40.0 Å². The fraction of sp³-hybridized carbons (Fsp3) is 0.733. The second-order valence-electron chi connectivity index (χ2n) is 6.21. The van der Waals surface area contributed by atoms with Crippen LogP contribution < -0.4 is 5.32 Å². The Morgan fingerprint density at radius 3 is 2.95 bits per heavy atom. The van der Waals surface area contributed by atoms with Gasteiger partial charge in [-0.15, -0.1) is 0 Å². The molecule has 0 spiro atoms. The predicted molar refractivity (Wildman–Crippen MR) is 76.9 cm³/mol. The Balaban J connectivity index is 1.65. The standard InChI is InChI=1S/C15H24N4O/c1-18-9-8-16-13(18)10-19(2)15(20)12-4-3-7-17-14(12)11-5-6-11/h8-9,11-12,14,17H,3-7,10H2,1-2H3/t12-,14-/m1/s1. The van der Waals surface area contributed by atoms with E-state index in [4.69, 9.17) is 0 Å². The van der Waals surface area contributed by atoms with E-state index in [0.717, 1.165) is 31.1 Å². The number of carbonyl (C=O) groups is 1. The minimum Gasteiger partial charge on any atom is -0.338 e. The van der Waals surface area contributed by atoms with Gasteiger partial charge in [-0.05, 0) is 38.1 Å². The van der Waals surface area contributed by atoms with Crippen molar-refractivity contribution in [2.75, 3.05) is 13.6 Å². The van der Waals surface area contributed by atoms with Crippen molar-refractivity contribution >= 4 is 5.91 Å². The van der Waals surface area contributed by atoms with Crippen molar-refractivity contribution in [3.8, 4) is 0 Å². The molecule has 2 fully saturated rings. The fourth-order valence-electron chi connectivity index (χ4n) is 3.26. The van der Waals surface area contributed by atoms with Crippen molar-refractivity contribution in [3.63, 3.8) is 0 Å². The predicted octanol–water partition coefficient (Wildman–Crippen LogP) is 1.16. The van der Waals surface area contributed by atoms with Crippen LogP contribution in [0.15, 0.2) is 12.4 Å². The summed E-state index contributed by atoms with van der Waals surface area (Å²) >= 11 is 0. The Morgan fingerprint density at radius 1 is 1.50 bits per heavy atom. The monoisotopic (exact) mass is 276 g/mol. The molecule has 2 heterocycles. The van der Waals surface area contributed by atoms with E-state index in [2.05, 4.69) is 10.3 Å². The summed E-state index contributed by atoms with van der Waals surface area (Å²) in [7, 11) is 3.87. The molecule has 1 aliphatic carbocycles. The minimum atomic E-state index is 0.154. The highest BCUT2D eigenvalue weighted by molar-refractivity contribution is 5.79. The molecule has 1 amide bonds. The molecule has 5 heteroatoms. The van der Waals surface area contributed by atoms with Crippen LogP contribution in [0.25, 0.3) is 0 Å². The van der Waals surface area contributed by atoms with Crippen LogP contribution >= 0.6 is 0 Å². The number of piperidine rings is 1. The third-order valence-corrected chi connectivity index (χ3v) is 4.63. The number of nitrogens with zero attached hydrogens (tertiary/aromatic N) is 3. The molecule has 1 saturated heterocycles. The molecule has 1 saturated carbocycles. The number of imidazole rings is 1. The van der Waals surface area contributed by atoms with Gasteiger partial charge >= 0.3 is 0 Å². The van der Waals surface area contributed by atoms with Gasteiger partial charge < -0.3 is 14.8 Å². The van der Waals surface area contributed by atoms with E-state index in [1.807, 2.05) is 29.8 Å². The summed E-state index contributed by atoms with van der Waals surface area (Å²) in [5.74, 6) is 2.09. The highest BCUT2D eigenvalue weighted by atomic mass is 16.2. The molecule has 3 rings (SSSR count). The quantitative estimate of drug-likeness (QED) is 0.897. The van der Waals surface area contributed by atoms with Gasteiger partial charge in [0.25, 0.3) is 0 Å². The zero-order valence-corrected chi connectivity index (χ0v) is 12.4. The second-order valence-corrected chi connectivity index (χ2v) is 6.21. The zero-order chi connectivity index (χ0) is 14.1. The van der Waals surface area contributed by atoms with Crippen molar-refractivity contribution in [1.29, 1.82) is 0 Å². The van der Waals surface area contributed by atoms with E-state index >= 15 is 0 Å². The van der Waals surface area contributed by atoms with Crippen LogP contribution in [0.4, 0.5) is 0 Å². The second kappa shape index (κ2) is 5.56. The Morgan fingerprint density at radius 2 is 2.30 bits per heavy atom. The zero-order valence-electron chi connectivity index (χ0n) is 12.4. The summed E-state index contributed by atoms with van der Waals surface area (Å²) in [6, 6.07) is 0.403. The molecule has 1 aliphatic heterocycles. The number of carbonyl (C=O) groups excluding carboxylic acids is 1. The van der Waals surface area contributed by atoms with E-state index in [9.17, 15) is 4.79 Å². The largest absolute Gasteiger partial charge is 0.338 e. The summed E-state index contributed by atoms with van der Waals surface area (Å²) in [4.78, 5) is 18.9. The highest BCUT2D eigenvalue weighted by Crippen LogP contribution is 2.38. The Kier molecular flexibility index (Phi) is 3.78. The Hall–Kier alpha value is -1.36. The lowest BCUT2D eigenvalue weighted by molar-refractivity contribution is -0.137. The van der Waals surface area contributed by atoms with Gasteiger partial charge in [0.2, 0.25) is 5.91 Å². The van der Waals surface area contributed by atoms with Gasteiger partial charge in [-0.2, -0.15) is 0 Å². The maximum absolute atomic E-state index is 12.7. The van der Waals surface area contributed by atoms with E-state index in [1.165, 1.54) is 12.8 Å². The average molecular weight is 276 g/mol. The number of hydrogen-bond acceptors (Lipinski definition) is 3. The average Bonchev–Trinajstić information content (AvgIpc) is 3.23. The number of rotatable bonds is 4. The van der Waals surface area contributed by atoms with Crippen LogP contribution in [0.1, 0.15) is 31.5 Å². The molecule has 1 aromatic rings. The van der Waals surface area contributed by atoms with E-state index in [1.54, 1.807) is 6.20 Å². The lowest BCUT2D eigenvalue weighted by Crippen LogP contribution is -2.49. The summed E-state index contributed by atoms with van der Waals surface area (Å²) < 4.78 is 1.97. The molecule has 2 atom stereocenters. The first kappa shape index (κ1) is 13.6. The van der Waals surface area contributed by atoms with Crippen molar-refractivity contribution in [2.45, 2.75) is 38.3 Å². The van der Waals surface area contributed by atoms with Crippen molar-refractivity contribution in [3.05, 3.63) is 18.2 Å². The molecular formula is C15H24N4O. The summed E-state index contributed by atoms with van der Waals surface area (Å²) in [6.07, 6.45) is 8.40. The molecule has 0 bridgehead atoms. The molecule has 20 heavy (non-hydrogen) atoms. The highest BCUT2D eigenvalue weighted by Gasteiger charge is 2.41. The SMILES string of the molecule is CN(Cc1nccn1C)C(=O)[C@@H]1CCCN[C@@H]1C1CC1. The maximum atomic E-state index is 12.7. The van der Waals surface area contributed by atoms with Crippen LogP contribution in [0, 0.1) is 11.8 Å². The number of amides is 1. The van der Waals surface area contributed by atoms with Crippen molar-refractivity contribution < 1.29 is 4.79 Å². The van der Waals surface area contributed by atoms with Crippen LogP contribution in [0.2, 0.25) is 0 Å². The summed E-state index contributed by atoms with van der Waals surface area (Å²) in [5, 5.41) is 3.57. The normalized spacial score (nSPS) is 26.5. The van der Waals surface area contributed by atoms with Crippen molar-refractivity contribution in [1.82, 2.24) is 19.8 Å². The first-order chi connectivity index (χ1) is 9.66. The number of aromatic nitrogens is 2. The topological polar surface area (TPSA) is 50.2 Å². The van der Waals surface area contributed by atoms with E-state index in [0.29, 0.717) is 12.6 Å². The number of aryl methyl sites for hydroxylation is 1. The molecule has 5 nitrogen and oxygen atoms in total. The summed E-state index contributed by atoms with van der Waals surface area (Å²) in [5.41, 5.74) is 0. The number of nitrogens with one attached hydrogen (secondary N) is 1. The molecule has 0 radical (unpaired) electrons. The molecule has 0 unspecified atom stereocenters. The van der Waals surface area contributed by atoms with Crippen LogP contribution in [0.5, 0.6) is 0 Å². The molecule has 1 N–H and O–H groups in total. The minimum absolute atomic E-state index is 0.154. The number of hydrogen-bond donors (Lipinski definition) is 1. The van der Waals surface area contributed by atoms with E-state index in [-0.39, 0.29) is 11.8 Å². The first-order valence-electron chi connectivity index (χ1n) is 7.61. The van der Waals surface area contributed by atoms with Gasteiger partial charge in [-0.3, -0.25) is 4.79 Å². The van der Waals surface area contributed by atoms with Gasteiger partial charge in [0, 0.05) is 32.5 Å². The lowest BCUT2D eigenvalue weighted by Gasteiger charge is -2.34. The van der Waals surface area contributed by atoms with Crippen LogP contribution in [0.3, 0.4) is 0 Å². The summed E-state index contributed by atoms with van der Waals surface area (Å²) in [6.45, 7) is 1.66. The molecule has 0 aromatic carbocycles. The van der Waals surface area contributed by atoms with Gasteiger partial charge in [0.15, 0.2) is 0 Å². The maximum Gasteiger partial charge on any atom is 0.227 e. The molecule has 2 aliphatic rings. The van der Waals surface area contributed by atoms with Gasteiger partial charge in [0.1, 0.15) is 5.82 Å². The van der Waals surface area contributed by atoms with Gasteiger partial charge in [-0.25, -0.2) is 4.98 Å². The Bertz CT molecular complexity index is 480. The third-order valence-electron chi connectivity index (χ3n) is 4.63. The molecular weight excluding hydrogens is 252 g/mol.